The molecule has 1 N–H and O–H groups in total. The van der Waals surface area contributed by atoms with Crippen LogP contribution in [0.25, 0.3) is 0 Å². The van der Waals surface area contributed by atoms with Crippen LogP contribution in [0.4, 0.5) is 5.69 Å². The number of anilines is 1. The lowest BCUT2D eigenvalue weighted by molar-refractivity contribution is -0.0684. The van der Waals surface area contributed by atoms with E-state index in [2.05, 4.69) is 19.2 Å². The standard InChI is InChI=1S/C13H19NO3/c1-10(2)14-11-3-5-12(6-4-11)17-9-13-15-7-8-16-13/h3-6,10,13-14H,7-9H2,1-2H3. The van der Waals surface area contributed by atoms with Crippen LogP contribution in [0.2, 0.25) is 0 Å². The summed E-state index contributed by atoms with van der Waals surface area (Å²) in [6.07, 6.45) is -0.219. The summed E-state index contributed by atoms with van der Waals surface area (Å²) < 4.78 is 16.2. The number of hydrogen-bond donors (Lipinski definition) is 1. The first-order valence-electron chi connectivity index (χ1n) is 5.96. The molecular weight excluding hydrogens is 218 g/mol. The second-order valence-corrected chi connectivity index (χ2v) is 4.31. The molecule has 94 valence electrons. The summed E-state index contributed by atoms with van der Waals surface area (Å²) >= 11 is 0. The molecule has 4 nitrogen and oxygen atoms in total. The fourth-order valence-electron chi connectivity index (χ4n) is 1.65. The smallest absolute Gasteiger partial charge is 0.191 e. The first-order valence-corrected chi connectivity index (χ1v) is 5.96. The van der Waals surface area contributed by atoms with E-state index in [1.807, 2.05) is 24.3 Å². The third-order valence-corrected chi connectivity index (χ3v) is 2.39. The number of benzene rings is 1. The van der Waals surface area contributed by atoms with Gasteiger partial charge < -0.3 is 19.5 Å². The molecule has 0 atom stereocenters. The SMILES string of the molecule is CC(C)Nc1ccc(OCC2OCCO2)cc1. The molecule has 0 unspecified atom stereocenters. The van der Waals surface area contributed by atoms with Crippen molar-refractivity contribution in [1.82, 2.24) is 0 Å². The predicted molar refractivity (Wildman–Crippen MR) is 66.4 cm³/mol. The van der Waals surface area contributed by atoms with Gasteiger partial charge in [0.05, 0.1) is 13.2 Å². The molecule has 1 aromatic rings. The Morgan fingerprint density at radius 2 is 1.88 bits per heavy atom. The van der Waals surface area contributed by atoms with Gasteiger partial charge in [0.25, 0.3) is 0 Å². The summed E-state index contributed by atoms with van der Waals surface area (Å²) in [6.45, 7) is 5.98. The van der Waals surface area contributed by atoms with Crippen molar-refractivity contribution in [3.05, 3.63) is 24.3 Å². The fourth-order valence-corrected chi connectivity index (χ4v) is 1.65. The quantitative estimate of drug-likeness (QED) is 0.852. The molecule has 1 fully saturated rings. The Labute approximate surface area is 102 Å². The Balaban J connectivity index is 1.80. The van der Waals surface area contributed by atoms with Crippen LogP contribution in [-0.4, -0.2) is 32.2 Å². The Hall–Kier alpha value is -1.26. The van der Waals surface area contributed by atoms with Crippen molar-refractivity contribution >= 4 is 5.69 Å². The van der Waals surface area contributed by atoms with Gasteiger partial charge in [-0.3, -0.25) is 0 Å². The molecule has 0 aromatic heterocycles. The molecule has 1 heterocycles. The molecule has 0 saturated carbocycles. The minimum atomic E-state index is -0.219. The van der Waals surface area contributed by atoms with E-state index >= 15 is 0 Å². The van der Waals surface area contributed by atoms with Crippen molar-refractivity contribution in [3.63, 3.8) is 0 Å². The van der Waals surface area contributed by atoms with Crippen LogP contribution in [-0.2, 0) is 9.47 Å². The number of hydrogen-bond acceptors (Lipinski definition) is 4. The molecule has 0 spiro atoms. The van der Waals surface area contributed by atoms with Gasteiger partial charge in [-0.15, -0.1) is 0 Å². The lowest BCUT2D eigenvalue weighted by Crippen LogP contribution is -2.18. The number of rotatable bonds is 5. The maximum absolute atomic E-state index is 5.57. The highest BCUT2D eigenvalue weighted by Crippen LogP contribution is 2.17. The zero-order valence-electron chi connectivity index (χ0n) is 10.3. The van der Waals surface area contributed by atoms with E-state index in [0.717, 1.165) is 11.4 Å². The Morgan fingerprint density at radius 1 is 1.24 bits per heavy atom. The zero-order chi connectivity index (χ0) is 12.1. The Kier molecular flexibility index (Phi) is 4.23. The van der Waals surface area contributed by atoms with Crippen molar-refractivity contribution < 1.29 is 14.2 Å². The summed E-state index contributed by atoms with van der Waals surface area (Å²) in [7, 11) is 0. The lowest BCUT2D eigenvalue weighted by Gasteiger charge is -2.13. The van der Waals surface area contributed by atoms with Crippen molar-refractivity contribution in [2.45, 2.75) is 26.2 Å². The molecule has 0 amide bonds. The van der Waals surface area contributed by atoms with Gasteiger partial charge in [0.2, 0.25) is 0 Å². The monoisotopic (exact) mass is 237 g/mol. The normalized spacial score (nSPS) is 16.4. The van der Waals surface area contributed by atoms with Crippen molar-refractivity contribution in [2.75, 3.05) is 25.1 Å². The number of nitrogens with one attached hydrogen (secondary N) is 1. The zero-order valence-corrected chi connectivity index (χ0v) is 10.3. The molecular formula is C13H19NO3. The lowest BCUT2D eigenvalue weighted by atomic mass is 10.2. The van der Waals surface area contributed by atoms with Gasteiger partial charge in [0, 0.05) is 11.7 Å². The van der Waals surface area contributed by atoms with Gasteiger partial charge in [0.1, 0.15) is 12.4 Å². The molecule has 1 aromatic carbocycles. The molecule has 1 aliphatic heterocycles. The summed E-state index contributed by atoms with van der Waals surface area (Å²) in [4.78, 5) is 0. The van der Waals surface area contributed by atoms with Crippen LogP contribution >= 0.6 is 0 Å². The van der Waals surface area contributed by atoms with Gasteiger partial charge in [-0.2, -0.15) is 0 Å². The molecule has 1 saturated heterocycles. The Bertz CT molecular complexity index is 331. The number of ether oxygens (including phenoxy) is 3. The minimum Gasteiger partial charge on any atom is -0.488 e. The van der Waals surface area contributed by atoms with Crippen molar-refractivity contribution in [1.29, 1.82) is 0 Å². The van der Waals surface area contributed by atoms with Gasteiger partial charge in [0.15, 0.2) is 6.29 Å². The highest BCUT2D eigenvalue weighted by molar-refractivity contribution is 5.46. The third kappa shape index (κ3) is 3.91. The third-order valence-electron chi connectivity index (χ3n) is 2.39. The topological polar surface area (TPSA) is 39.7 Å². The van der Waals surface area contributed by atoms with Crippen LogP contribution in [0.5, 0.6) is 5.75 Å². The van der Waals surface area contributed by atoms with Crippen LogP contribution in [0.1, 0.15) is 13.8 Å². The maximum Gasteiger partial charge on any atom is 0.191 e. The molecule has 0 bridgehead atoms. The van der Waals surface area contributed by atoms with Crippen LogP contribution < -0.4 is 10.1 Å². The summed E-state index contributed by atoms with van der Waals surface area (Å²) in [5.74, 6) is 0.832. The highest BCUT2D eigenvalue weighted by Gasteiger charge is 2.16. The molecule has 0 aliphatic carbocycles. The fraction of sp³-hybridized carbons (Fsp3) is 0.538. The van der Waals surface area contributed by atoms with Crippen LogP contribution in [0, 0.1) is 0 Å². The molecule has 1 aliphatic rings. The van der Waals surface area contributed by atoms with Gasteiger partial charge in [-0.1, -0.05) is 0 Å². The predicted octanol–water partition coefficient (Wildman–Crippen LogP) is 2.26. The van der Waals surface area contributed by atoms with E-state index in [-0.39, 0.29) is 6.29 Å². The van der Waals surface area contributed by atoms with Crippen LogP contribution in [0.15, 0.2) is 24.3 Å². The molecule has 17 heavy (non-hydrogen) atoms. The second-order valence-electron chi connectivity index (χ2n) is 4.31. The first kappa shape index (κ1) is 12.2. The van der Waals surface area contributed by atoms with Crippen molar-refractivity contribution in [3.8, 4) is 5.75 Å². The summed E-state index contributed by atoms with van der Waals surface area (Å²) in [5.41, 5.74) is 1.10. The largest absolute Gasteiger partial charge is 0.488 e. The average Bonchev–Trinajstić information content (AvgIpc) is 2.80. The Morgan fingerprint density at radius 3 is 2.47 bits per heavy atom. The first-order chi connectivity index (χ1) is 8.24. The maximum atomic E-state index is 5.57. The van der Waals surface area contributed by atoms with Gasteiger partial charge in [-0.05, 0) is 38.1 Å². The molecule has 4 heteroatoms. The molecule has 0 radical (unpaired) electrons. The van der Waals surface area contributed by atoms with E-state index in [0.29, 0.717) is 25.9 Å². The van der Waals surface area contributed by atoms with E-state index in [4.69, 9.17) is 14.2 Å². The second kappa shape index (κ2) is 5.89. The van der Waals surface area contributed by atoms with Gasteiger partial charge >= 0.3 is 0 Å². The van der Waals surface area contributed by atoms with E-state index in [1.165, 1.54) is 0 Å². The molecule has 2 rings (SSSR count). The minimum absolute atomic E-state index is 0.219. The van der Waals surface area contributed by atoms with Crippen molar-refractivity contribution in [2.24, 2.45) is 0 Å². The van der Waals surface area contributed by atoms with E-state index in [1.54, 1.807) is 0 Å². The average molecular weight is 237 g/mol. The summed E-state index contributed by atoms with van der Waals surface area (Å²) in [5, 5.41) is 3.32. The summed E-state index contributed by atoms with van der Waals surface area (Å²) in [6, 6.07) is 8.33. The highest BCUT2D eigenvalue weighted by atomic mass is 16.7. The van der Waals surface area contributed by atoms with E-state index in [9.17, 15) is 0 Å². The van der Waals surface area contributed by atoms with Gasteiger partial charge in [-0.25, -0.2) is 0 Å². The van der Waals surface area contributed by atoms with Crippen LogP contribution in [0.3, 0.4) is 0 Å². The van der Waals surface area contributed by atoms with E-state index < -0.39 is 0 Å².